The fraction of sp³-hybridized carbons (Fsp3) is 0.0625. The van der Waals surface area contributed by atoms with Crippen LogP contribution in [0.2, 0.25) is 0 Å². The molecule has 2 aliphatic rings. The van der Waals surface area contributed by atoms with Crippen LogP contribution in [0.3, 0.4) is 0 Å². The smallest absolute Gasteiger partial charge is 0.244 e. The molecule has 1 aromatic rings. The average Bonchev–Trinajstić information content (AvgIpc) is 2.52. The monoisotopic (exact) mass is 310 g/mol. The Morgan fingerprint density at radius 2 is 2.23 bits per heavy atom. The van der Waals surface area contributed by atoms with Crippen molar-refractivity contribution in [3.63, 3.8) is 0 Å². The molecule has 0 fully saturated rings. The zero-order valence-corrected chi connectivity index (χ0v) is 12.6. The highest BCUT2D eigenvalue weighted by Gasteiger charge is 2.06. The predicted octanol–water partition coefficient (Wildman–Crippen LogP) is 2.14. The second-order valence-corrected chi connectivity index (χ2v) is 5.74. The molecule has 0 spiro atoms. The van der Waals surface area contributed by atoms with Gasteiger partial charge in [-0.3, -0.25) is 9.79 Å². The van der Waals surface area contributed by atoms with Crippen LogP contribution in [-0.4, -0.2) is 17.6 Å². The molecule has 0 unspecified atom stereocenters. The van der Waals surface area contributed by atoms with E-state index >= 15 is 0 Å². The molecule has 110 valence electrons. The number of anilines is 1. The van der Waals surface area contributed by atoms with E-state index in [4.69, 9.17) is 5.73 Å². The highest BCUT2D eigenvalue weighted by Crippen LogP contribution is 2.30. The van der Waals surface area contributed by atoms with E-state index in [1.807, 2.05) is 36.4 Å². The Morgan fingerprint density at radius 3 is 3.05 bits per heavy atom. The van der Waals surface area contributed by atoms with E-state index in [9.17, 15) is 4.79 Å². The van der Waals surface area contributed by atoms with Crippen LogP contribution in [0.15, 0.2) is 54.0 Å². The molecule has 0 aromatic heterocycles. The van der Waals surface area contributed by atoms with Crippen LogP contribution in [0.5, 0.6) is 0 Å². The van der Waals surface area contributed by atoms with E-state index in [1.165, 1.54) is 6.08 Å². The minimum absolute atomic E-state index is 0.217. The van der Waals surface area contributed by atoms with E-state index in [0.29, 0.717) is 0 Å². The maximum atomic E-state index is 11.1. The Balaban J connectivity index is 2.00. The lowest BCUT2D eigenvalue weighted by Gasteiger charge is -2.06. The summed E-state index contributed by atoms with van der Waals surface area (Å²) >= 11 is 1.62. The number of nitrogens with two attached hydrogens (primary N) is 1. The van der Waals surface area contributed by atoms with Crippen molar-refractivity contribution in [2.24, 2.45) is 4.99 Å². The van der Waals surface area contributed by atoms with Crippen molar-refractivity contribution in [1.82, 2.24) is 10.3 Å². The molecule has 0 saturated heterocycles. The number of amides is 1. The van der Waals surface area contributed by atoms with Gasteiger partial charge in [-0.15, -0.1) is 11.3 Å². The number of nitrogen functional groups attached to an aromatic ring is 1. The molecular weight excluding hydrogens is 296 g/mol. The van der Waals surface area contributed by atoms with Crippen molar-refractivity contribution in [1.29, 1.82) is 0 Å². The predicted molar refractivity (Wildman–Crippen MR) is 89.4 cm³/mol. The van der Waals surface area contributed by atoms with Gasteiger partial charge in [-0.25, -0.2) is 4.98 Å². The van der Waals surface area contributed by atoms with Gasteiger partial charge in [-0.1, -0.05) is 6.58 Å². The average molecular weight is 310 g/mol. The summed E-state index contributed by atoms with van der Waals surface area (Å²) in [6, 6.07) is 11.4. The van der Waals surface area contributed by atoms with E-state index in [2.05, 4.69) is 21.9 Å². The van der Waals surface area contributed by atoms with Gasteiger partial charge in [0.1, 0.15) is 6.67 Å². The first-order valence-corrected chi connectivity index (χ1v) is 7.48. The summed E-state index contributed by atoms with van der Waals surface area (Å²) in [7, 11) is 0. The topological polar surface area (TPSA) is 80.4 Å². The summed E-state index contributed by atoms with van der Waals surface area (Å²) < 4.78 is 1.03. The number of nitrogens with zero attached hydrogens (tertiary/aromatic N) is 2. The quantitative estimate of drug-likeness (QED) is 0.442. The summed E-state index contributed by atoms with van der Waals surface area (Å²) in [5.41, 5.74) is 8.38. The fourth-order valence-corrected chi connectivity index (χ4v) is 3.06. The summed E-state index contributed by atoms with van der Waals surface area (Å²) in [6.45, 7) is 3.61. The van der Waals surface area contributed by atoms with Crippen molar-refractivity contribution in [2.75, 3.05) is 12.4 Å². The Kier molecular flexibility index (Phi) is 3.84. The number of aromatic nitrogens is 1. The molecule has 3 rings (SSSR count). The van der Waals surface area contributed by atoms with Gasteiger partial charge in [-0.2, -0.15) is 0 Å². The Bertz CT molecular complexity index is 900. The minimum atomic E-state index is -0.240. The molecular formula is C16H14N4OS. The summed E-state index contributed by atoms with van der Waals surface area (Å²) in [4.78, 5) is 21.0. The van der Waals surface area contributed by atoms with Crippen LogP contribution in [0.1, 0.15) is 0 Å². The van der Waals surface area contributed by atoms with Crippen molar-refractivity contribution < 1.29 is 4.79 Å². The lowest BCUT2D eigenvalue weighted by molar-refractivity contribution is -0.116. The van der Waals surface area contributed by atoms with Crippen LogP contribution in [0.4, 0.5) is 5.69 Å². The number of hydrogen-bond acceptors (Lipinski definition) is 5. The SMILES string of the molecule is C=CC(=O)NCN=c1ccc2nc3ccc(N)cc3sc-2c1. The minimum Gasteiger partial charge on any atom is -0.399 e. The molecule has 1 aliphatic heterocycles. The largest absolute Gasteiger partial charge is 0.399 e. The van der Waals surface area contributed by atoms with Crippen LogP contribution in [0.25, 0.3) is 20.8 Å². The first-order valence-electron chi connectivity index (χ1n) is 6.66. The Hall–Kier alpha value is -2.73. The van der Waals surface area contributed by atoms with Crippen LogP contribution >= 0.6 is 11.3 Å². The second kappa shape index (κ2) is 5.95. The molecule has 0 saturated carbocycles. The first-order chi connectivity index (χ1) is 10.7. The highest BCUT2D eigenvalue weighted by molar-refractivity contribution is 7.21. The van der Waals surface area contributed by atoms with E-state index in [1.54, 1.807) is 11.3 Å². The van der Waals surface area contributed by atoms with E-state index in [0.717, 1.165) is 31.8 Å². The molecule has 3 N–H and O–H groups in total. The normalized spacial score (nSPS) is 11.7. The number of nitrogens with one attached hydrogen (secondary N) is 1. The molecule has 1 amide bonds. The lowest BCUT2D eigenvalue weighted by Crippen LogP contribution is -2.22. The molecule has 1 aromatic carbocycles. The fourth-order valence-electron chi connectivity index (χ4n) is 2.01. The molecule has 0 bridgehead atoms. The summed E-state index contributed by atoms with van der Waals surface area (Å²) in [5.74, 6) is -0.240. The number of rotatable bonds is 3. The van der Waals surface area contributed by atoms with Crippen molar-refractivity contribution in [2.45, 2.75) is 0 Å². The highest BCUT2D eigenvalue weighted by atomic mass is 32.1. The molecule has 0 radical (unpaired) electrons. The maximum absolute atomic E-state index is 11.1. The van der Waals surface area contributed by atoms with Gasteiger partial charge in [0.2, 0.25) is 5.91 Å². The lowest BCUT2D eigenvalue weighted by atomic mass is 10.2. The van der Waals surface area contributed by atoms with Crippen molar-refractivity contribution >= 4 is 33.1 Å². The van der Waals surface area contributed by atoms with Gasteiger partial charge >= 0.3 is 0 Å². The van der Waals surface area contributed by atoms with Crippen molar-refractivity contribution in [3.05, 3.63) is 54.4 Å². The molecule has 0 atom stereocenters. The Labute approximate surface area is 131 Å². The zero-order chi connectivity index (χ0) is 15.5. The van der Waals surface area contributed by atoms with Crippen LogP contribution < -0.4 is 16.4 Å². The van der Waals surface area contributed by atoms with E-state index in [-0.39, 0.29) is 12.6 Å². The van der Waals surface area contributed by atoms with Gasteiger partial charge < -0.3 is 11.1 Å². The Morgan fingerprint density at radius 1 is 1.36 bits per heavy atom. The third-order valence-corrected chi connectivity index (χ3v) is 4.18. The van der Waals surface area contributed by atoms with E-state index < -0.39 is 0 Å². The first kappa shape index (κ1) is 14.2. The number of fused-ring (bicyclic) bond motifs is 2. The third kappa shape index (κ3) is 2.96. The van der Waals surface area contributed by atoms with Gasteiger partial charge in [0.15, 0.2) is 0 Å². The maximum Gasteiger partial charge on any atom is 0.244 e. The molecule has 1 heterocycles. The third-order valence-electron chi connectivity index (χ3n) is 3.09. The standard InChI is InChI=1S/C16H14N4OS/c1-2-16(21)19-9-18-11-4-6-13-15(8-11)22-14-7-10(17)3-5-12(14)20-13/h2-8H,1,9,17H2,(H,19,21). The number of carbonyl (C=O) groups excluding carboxylic acids is 1. The van der Waals surface area contributed by atoms with Gasteiger partial charge in [0, 0.05) is 5.69 Å². The number of benzene rings is 2. The van der Waals surface area contributed by atoms with Crippen molar-refractivity contribution in [3.8, 4) is 10.6 Å². The number of hydrogen-bond donors (Lipinski definition) is 2. The molecule has 5 nitrogen and oxygen atoms in total. The summed E-state index contributed by atoms with van der Waals surface area (Å²) in [5, 5.41) is 3.40. The summed E-state index contributed by atoms with van der Waals surface area (Å²) in [6.07, 6.45) is 1.22. The molecule has 6 heteroatoms. The molecule has 22 heavy (non-hydrogen) atoms. The van der Waals surface area contributed by atoms with Crippen LogP contribution in [-0.2, 0) is 4.79 Å². The number of carbonyl (C=O) groups is 1. The van der Waals surface area contributed by atoms with Gasteiger partial charge in [0.25, 0.3) is 0 Å². The van der Waals surface area contributed by atoms with Gasteiger partial charge in [0.05, 0.1) is 26.1 Å². The van der Waals surface area contributed by atoms with Gasteiger partial charge in [-0.05, 0) is 42.5 Å². The zero-order valence-electron chi connectivity index (χ0n) is 11.7. The second-order valence-electron chi connectivity index (χ2n) is 4.65. The molecule has 1 aliphatic carbocycles. The van der Waals surface area contributed by atoms with Crippen LogP contribution in [0, 0.1) is 0 Å².